The van der Waals surface area contributed by atoms with Gasteiger partial charge >= 0.3 is 0 Å². The smallest absolute Gasteiger partial charge is 0.165 e. The quantitative estimate of drug-likeness (QED) is 0.922. The van der Waals surface area contributed by atoms with Crippen molar-refractivity contribution < 1.29 is 14.2 Å². The Hall–Kier alpha value is -1.29. The van der Waals surface area contributed by atoms with Gasteiger partial charge in [0.2, 0.25) is 0 Å². The van der Waals surface area contributed by atoms with Gasteiger partial charge in [0.05, 0.1) is 0 Å². The second-order valence-corrected chi connectivity index (χ2v) is 6.41. The Labute approximate surface area is 120 Å². The number of hydrogen-bond acceptors (Lipinski definition) is 3. The summed E-state index contributed by atoms with van der Waals surface area (Å²) in [5, 5.41) is 9.95. The molecule has 20 heavy (non-hydrogen) atoms. The van der Waals surface area contributed by atoms with E-state index in [9.17, 15) is 9.50 Å². The van der Waals surface area contributed by atoms with Gasteiger partial charge in [0.1, 0.15) is 12.4 Å². The van der Waals surface area contributed by atoms with Crippen molar-refractivity contribution in [1.82, 2.24) is 4.90 Å². The predicted octanol–water partition coefficient (Wildman–Crippen LogP) is 3.35. The third kappa shape index (κ3) is 2.90. The third-order valence-corrected chi connectivity index (χ3v) is 3.81. The van der Waals surface area contributed by atoms with Crippen LogP contribution < -0.4 is 4.74 Å². The van der Waals surface area contributed by atoms with E-state index in [2.05, 4.69) is 32.6 Å². The Kier molecular flexibility index (Phi) is 4.23. The second kappa shape index (κ2) is 5.60. The first-order valence-electron chi connectivity index (χ1n) is 7.24. The van der Waals surface area contributed by atoms with Gasteiger partial charge in [-0.15, -0.1) is 0 Å². The lowest BCUT2D eigenvalue weighted by atomic mass is 9.95. The zero-order chi connectivity index (χ0) is 14.9. The molecule has 1 aliphatic heterocycles. The minimum atomic E-state index is -0.394. The van der Waals surface area contributed by atoms with E-state index in [1.54, 1.807) is 0 Å². The lowest BCUT2D eigenvalue weighted by Crippen LogP contribution is -2.52. The van der Waals surface area contributed by atoms with Crippen molar-refractivity contribution in [2.45, 2.75) is 52.1 Å². The van der Waals surface area contributed by atoms with Crippen LogP contribution in [-0.2, 0) is 6.42 Å². The van der Waals surface area contributed by atoms with Gasteiger partial charge in [-0.2, -0.15) is 0 Å². The Balaban J connectivity index is 2.28. The van der Waals surface area contributed by atoms with Crippen LogP contribution in [0.15, 0.2) is 12.1 Å². The van der Waals surface area contributed by atoms with E-state index in [1.165, 1.54) is 12.1 Å². The SMILES string of the molecule is CCCN(C1COc2c(F)ccc(O)c2C1)C(C)(C)C. The fraction of sp³-hybridized carbons (Fsp3) is 0.625. The van der Waals surface area contributed by atoms with Gasteiger partial charge in [-0.05, 0) is 52.3 Å². The highest BCUT2D eigenvalue weighted by Crippen LogP contribution is 2.36. The first kappa shape index (κ1) is 15.1. The van der Waals surface area contributed by atoms with Crippen LogP contribution in [0.25, 0.3) is 0 Å². The summed E-state index contributed by atoms with van der Waals surface area (Å²) in [5.74, 6) is -0.0582. The monoisotopic (exact) mass is 281 g/mol. The van der Waals surface area contributed by atoms with Crippen molar-refractivity contribution in [1.29, 1.82) is 0 Å². The number of halogens is 1. The number of phenolic OH excluding ortho intramolecular Hbond substituents is 1. The topological polar surface area (TPSA) is 32.7 Å². The van der Waals surface area contributed by atoms with Crippen LogP contribution in [0, 0.1) is 5.82 Å². The summed E-state index contributed by atoms with van der Waals surface area (Å²) in [4.78, 5) is 2.38. The molecule has 1 heterocycles. The minimum Gasteiger partial charge on any atom is -0.508 e. The fourth-order valence-electron chi connectivity index (χ4n) is 2.92. The summed E-state index contributed by atoms with van der Waals surface area (Å²) in [7, 11) is 0. The molecule has 0 aromatic heterocycles. The number of rotatable bonds is 3. The van der Waals surface area contributed by atoms with E-state index < -0.39 is 5.82 Å². The van der Waals surface area contributed by atoms with Crippen LogP contribution in [0.2, 0.25) is 0 Å². The molecule has 3 nitrogen and oxygen atoms in total. The van der Waals surface area contributed by atoms with E-state index in [-0.39, 0.29) is 23.1 Å². The summed E-state index contributed by atoms with van der Waals surface area (Å²) < 4.78 is 19.3. The number of ether oxygens (including phenoxy) is 1. The van der Waals surface area contributed by atoms with Crippen LogP contribution in [-0.4, -0.2) is 34.7 Å². The first-order chi connectivity index (χ1) is 9.34. The number of nitrogens with zero attached hydrogens (tertiary/aromatic N) is 1. The molecule has 0 fully saturated rings. The average Bonchev–Trinajstić information content (AvgIpc) is 2.39. The van der Waals surface area contributed by atoms with Gasteiger partial charge in [-0.1, -0.05) is 6.92 Å². The summed E-state index contributed by atoms with van der Waals surface area (Å²) in [6.45, 7) is 10.1. The molecule has 2 rings (SSSR count). The molecule has 0 aliphatic carbocycles. The number of fused-ring (bicyclic) bond motifs is 1. The molecule has 1 aliphatic rings. The molecule has 1 aromatic rings. The molecule has 1 aromatic carbocycles. The van der Waals surface area contributed by atoms with Crippen LogP contribution in [0.1, 0.15) is 39.7 Å². The molecule has 0 saturated heterocycles. The van der Waals surface area contributed by atoms with Crippen molar-refractivity contribution in [3.8, 4) is 11.5 Å². The number of benzene rings is 1. The molecular formula is C16H24FNO2. The molecule has 1 unspecified atom stereocenters. The standard InChI is InChI=1S/C16H24FNO2/c1-5-8-18(16(2,3)4)11-9-12-14(19)7-6-13(17)15(12)20-10-11/h6-7,11,19H,5,8-10H2,1-4H3. The van der Waals surface area contributed by atoms with Crippen LogP contribution in [0.4, 0.5) is 4.39 Å². The van der Waals surface area contributed by atoms with Gasteiger partial charge in [-0.3, -0.25) is 4.90 Å². The third-order valence-electron chi connectivity index (χ3n) is 3.81. The lowest BCUT2D eigenvalue weighted by molar-refractivity contribution is 0.0420. The van der Waals surface area contributed by atoms with E-state index in [0.717, 1.165) is 13.0 Å². The Morgan fingerprint density at radius 2 is 2.10 bits per heavy atom. The summed E-state index contributed by atoms with van der Waals surface area (Å²) >= 11 is 0. The highest BCUT2D eigenvalue weighted by Gasteiger charge is 2.33. The van der Waals surface area contributed by atoms with Crippen molar-refractivity contribution in [3.63, 3.8) is 0 Å². The van der Waals surface area contributed by atoms with Gasteiger partial charge in [0.15, 0.2) is 11.6 Å². The molecule has 1 N–H and O–H groups in total. The van der Waals surface area contributed by atoms with Gasteiger partial charge < -0.3 is 9.84 Å². The average molecular weight is 281 g/mol. The maximum absolute atomic E-state index is 13.7. The van der Waals surface area contributed by atoms with E-state index in [0.29, 0.717) is 18.6 Å². The summed E-state index contributed by atoms with van der Waals surface area (Å²) in [6, 6.07) is 2.82. The summed E-state index contributed by atoms with van der Waals surface area (Å²) in [5.41, 5.74) is 0.608. The van der Waals surface area contributed by atoms with Crippen LogP contribution >= 0.6 is 0 Å². The first-order valence-corrected chi connectivity index (χ1v) is 7.24. The van der Waals surface area contributed by atoms with Crippen molar-refractivity contribution in [3.05, 3.63) is 23.5 Å². The number of aromatic hydroxyl groups is 1. The molecular weight excluding hydrogens is 257 g/mol. The number of hydrogen-bond donors (Lipinski definition) is 1. The fourth-order valence-corrected chi connectivity index (χ4v) is 2.92. The maximum Gasteiger partial charge on any atom is 0.165 e. The van der Waals surface area contributed by atoms with Crippen molar-refractivity contribution >= 4 is 0 Å². The Bertz CT molecular complexity index is 482. The van der Waals surface area contributed by atoms with Gasteiger partial charge in [0.25, 0.3) is 0 Å². The molecule has 0 saturated carbocycles. The summed E-state index contributed by atoms with van der Waals surface area (Å²) in [6.07, 6.45) is 1.67. The number of phenols is 1. The van der Waals surface area contributed by atoms with Crippen LogP contribution in [0.3, 0.4) is 0 Å². The van der Waals surface area contributed by atoms with Crippen molar-refractivity contribution in [2.75, 3.05) is 13.2 Å². The molecule has 0 amide bonds. The highest BCUT2D eigenvalue weighted by molar-refractivity contribution is 5.46. The van der Waals surface area contributed by atoms with Crippen molar-refractivity contribution in [2.24, 2.45) is 0 Å². The Morgan fingerprint density at radius 3 is 2.70 bits per heavy atom. The second-order valence-electron chi connectivity index (χ2n) is 6.41. The molecule has 1 atom stereocenters. The van der Waals surface area contributed by atoms with Gasteiger partial charge in [-0.25, -0.2) is 4.39 Å². The van der Waals surface area contributed by atoms with E-state index >= 15 is 0 Å². The molecule has 4 heteroatoms. The normalized spacial score (nSPS) is 18.8. The molecule has 112 valence electrons. The minimum absolute atomic E-state index is 0.0183. The van der Waals surface area contributed by atoms with Gasteiger partial charge in [0, 0.05) is 17.1 Å². The molecule has 0 spiro atoms. The van der Waals surface area contributed by atoms with E-state index in [4.69, 9.17) is 4.74 Å². The molecule has 0 radical (unpaired) electrons. The predicted molar refractivity (Wildman–Crippen MR) is 77.8 cm³/mol. The highest BCUT2D eigenvalue weighted by atomic mass is 19.1. The molecule has 0 bridgehead atoms. The van der Waals surface area contributed by atoms with E-state index in [1.807, 2.05) is 0 Å². The lowest BCUT2D eigenvalue weighted by Gasteiger charge is -2.43. The Morgan fingerprint density at radius 1 is 1.40 bits per heavy atom. The zero-order valence-corrected chi connectivity index (χ0v) is 12.7. The maximum atomic E-state index is 13.7. The largest absolute Gasteiger partial charge is 0.508 e. The van der Waals surface area contributed by atoms with Crippen LogP contribution in [0.5, 0.6) is 11.5 Å². The zero-order valence-electron chi connectivity index (χ0n) is 12.7.